The van der Waals surface area contributed by atoms with E-state index in [1.807, 2.05) is 0 Å². The molecule has 0 saturated carbocycles. The Hall–Kier alpha value is -4.61. The minimum Gasteiger partial charge on any atom is -0.451 e. The van der Waals surface area contributed by atoms with Gasteiger partial charge in [0.2, 0.25) is 18.0 Å². The number of rotatable bonds is 11. The van der Waals surface area contributed by atoms with Crippen molar-refractivity contribution >= 4 is 23.9 Å². The van der Waals surface area contributed by atoms with E-state index in [-0.39, 0.29) is 37.0 Å². The van der Waals surface area contributed by atoms with Gasteiger partial charge in [-0.3, -0.25) is 24.1 Å². The summed E-state index contributed by atoms with van der Waals surface area (Å²) in [6.45, 7) is 3.88. The van der Waals surface area contributed by atoms with Crippen molar-refractivity contribution in [2.24, 2.45) is 0 Å². The average Bonchev–Trinajstić information content (AvgIpc) is 3.41. The molecule has 15 nitrogen and oxygen atoms in total. The monoisotopic (exact) mass is 649 g/mol. The summed E-state index contributed by atoms with van der Waals surface area (Å²) in [5, 5.41) is 5.02. The Morgan fingerprint density at radius 3 is 2.63 bits per heavy atom. The summed E-state index contributed by atoms with van der Waals surface area (Å²) in [4.78, 5) is 67.7. The molecule has 0 spiro atoms. The summed E-state index contributed by atoms with van der Waals surface area (Å²) in [5.74, 6) is -4.34. The lowest BCUT2D eigenvalue weighted by Crippen LogP contribution is -2.49. The number of aromatic nitrogens is 1. The molecule has 5 rings (SSSR count). The smallest absolute Gasteiger partial charge is 0.451 e. The lowest BCUT2D eigenvalue weighted by molar-refractivity contribution is -0.125. The lowest BCUT2D eigenvalue weighted by atomic mass is 10.1. The SMILES string of the molecule is CC1COC2Cn3cc(C(=O)NCc4ccc(F)cc4F)c(=O)c(OCOC(=O)OCC(=O)NCCN4CCOCC4)c3C(=O)N12. The second-order valence-corrected chi connectivity index (χ2v) is 10.7. The van der Waals surface area contributed by atoms with Crippen LogP contribution >= 0.6 is 0 Å². The Bertz CT molecular complexity index is 1550. The number of carbonyl (C=O) groups is 4. The second kappa shape index (κ2) is 14.7. The van der Waals surface area contributed by atoms with E-state index in [4.69, 9.17) is 23.7 Å². The summed E-state index contributed by atoms with van der Waals surface area (Å²) in [6, 6.07) is 2.52. The Labute approximate surface area is 261 Å². The summed E-state index contributed by atoms with van der Waals surface area (Å²) in [7, 11) is 0. The van der Waals surface area contributed by atoms with Gasteiger partial charge in [-0.05, 0) is 13.0 Å². The number of ether oxygens (including phenoxy) is 5. The maximum Gasteiger partial charge on any atom is 0.511 e. The first kappa shape index (κ1) is 32.8. The predicted octanol–water partition coefficient (Wildman–Crippen LogP) is 0.195. The standard InChI is InChI=1S/C29H33F2N5O10/c1-17-14-43-23-13-35-12-20(27(39)33-11-18-2-3-19(30)10-21(18)31)25(38)26(24(35)28(40)36(17)23)45-16-46-29(41)44-15-22(37)32-4-5-34-6-8-42-9-7-34/h2-3,10,12,17,23H,4-9,11,13-16H2,1H3,(H,32,37)(H,33,39). The van der Waals surface area contributed by atoms with Crippen LogP contribution in [0.15, 0.2) is 29.2 Å². The molecule has 0 radical (unpaired) electrons. The summed E-state index contributed by atoms with van der Waals surface area (Å²) in [6.07, 6.45) is -0.781. The number of benzene rings is 1. The van der Waals surface area contributed by atoms with Crippen molar-refractivity contribution in [3.05, 3.63) is 63.1 Å². The fourth-order valence-corrected chi connectivity index (χ4v) is 5.22. The maximum atomic E-state index is 14.1. The molecule has 2 saturated heterocycles. The van der Waals surface area contributed by atoms with Gasteiger partial charge >= 0.3 is 6.16 Å². The van der Waals surface area contributed by atoms with Gasteiger partial charge in [0.15, 0.2) is 18.5 Å². The molecule has 3 amide bonds. The summed E-state index contributed by atoms with van der Waals surface area (Å²) in [5.41, 5.74) is -1.68. The molecule has 2 fully saturated rings. The number of amides is 3. The zero-order valence-corrected chi connectivity index (χ0v) is 24.9. The van der Waals surface area contributed by atoms with Gasteiger partial charge < -0.3 is 43.8 Å². The van der Waals surface area contributed by atoms with Crippen LogP contribution in [0.25, 0.3) is 0 Å². The highest BCUT2D eigenvalue weighted by Crippen LogP contribution is 2.30. The first-order valence-electron chi connectivity index (χ1n) is 14.6. The van der Waals surface area contributed by atoms with Crippen LogP contribution in [0.4, 0.5) is 13.6 Å². The van der Waals surface area contributed by atoms with Crippen LogP contribution in [0.5, 0.6) is 5.75 Å². The van der Waals surface area contributed by atoms with Gasteiger partial charge in [-0.1, -0.05) is 6.07 Å². The number of hydrogen-bond donors (Lipinski definition) is 2. The van der Waals surface area contributed by atoms with Crippen LogP contribution in [0.1, 0.15) is 33.3 Å². The van der Waals surface area contributed by atoms with Crippen LogP contribution in [-0.4, -0.2) is 110 Å². The van der Waals surface area contributed by atoms with E-state index in [9.17, 15) is 32.8 Å². The molecule has 248 valence electrons. The number of morpholine rings is 1. The van der Waals surface area contributed by atoms with Crippen molar-refractivity contribution < 1.29 is 51.6 Å². The normalized spacial score (nSPS) is 19.2. The molecule has 1 aromatic carbocycles. The molecule has 2 atom stereocenters. The quantitative estimate of drug-likeness (QED) is 0.252. The van der Waals surface area contributed by atoms with Crippen LogP contribution in [0.3, 0.4) is 0 Å². The highest BCUT2D eigenvalue weighted by Gasteiger charge is 2.43. The number of nitrogens with zero attached hydrogens (tertiary/aromatic N) is 3. The van der Waals surface area contributed by atoms with E-state index in [2.05, 4.69) is 15.5 Å². The van der Waals surface area contributed by atoms with Crippen LogP contribution in [-0.2, 0) is 36.8 Å². The van der Waals surface area contributed by atoms with E-state index >= 15 is 0 Å². The average molecular weight is 650 g/mol. The Morgan fingerprint density at radius 1 is 1.09 bits per heavy atom. The van der Waals surface area contributed by atoms with Crippen molar-refractivity contribution in [1.82, 2.24) is 25.0 Å². The van der Waals surface area contributed by atoms with Gasteiger partial charge in [-0.25, -0.2) is 13.6 Å². The second-order valence-electron chi connectivity index (χ2n) is 10.7. The van der Waals surface area contributed by atoms with Gasteiger partial charge in [-0.2, -0.15) is 0 Å². The fraction of sp³-hybridized carbons (Fsp3) is 0.483. The fourth-order valence-electron chi connectivity index (χ4n) is 5.22. The van der Waals surface area contributed by atoms with Crippen molar-refractivity contribution in [2.75, 3.05) is 59.4 Å². The van der Waals surface area contributed by atoms with Crippen molar-refractivity contribution in [3.63, 3.8) is 0 Å². The number of pyridine rings is 1. The molecular formula is C29H33F2N5O10. The third kappa shape index (κ3) is 7.60. The molecule has 1 aromatic heterocycles. The molecule has 2 unspecified atom stereocenters. The van der Waals surface area contributed by atoms with E-state index in [1.165, 1.54) is 9.47 Å². The first-order chi connectivity index (χ1) is 22.1. The van der Waals surface area contributed by atoms with E-state index in [0.29, 0.717) is 32.4 Å². The van der Waals surface area contributed by atoms with Gasteiger partial charge in [-0.15, -0.1) is 0 Å². The molecule has 3 aliphatic rings. The minimum atomic E-state index is -1.28. The van der Waals surface area contributed by atoms with Crippen LogP contribution < -0.4 is 20.8 Å². The first-order valence-corrected chi connectivity index (χ1v) is 14.6. The highest BCUT2D eigenvalue weighted by molar-refractivity contribution is 5.99. The van der Waals surface area contributed by atoms with Crippen molar-refractivity contribution in [2.45, 2.75) is 32.3 Å². The third-order valence-corrected chi connectivity index (χ3v) is 7.60. The molecule has 0 bridgehead atoms. The number of nitrogens with one attached hydrogen (secondary N) is 2. The van der Waals surface area contributed by atoms with Gasteiger partial charge in [0, 0.05) is 50.6 Å². The van der Waals surface area contributed by atoms with E-state index in [1.54, 1.807) is 6.92 Å². The zero-order chi connectivity index (χ0) is 32.8. The minimum absolute atomic E-state index is 0.0267. The molecule has 0 aliphatic carbocycles. The van der Waals surface area contributed by atoms with E-state index < -0.39 is 71.9 Å². The number of carbonyl (C=O) groups excluding carboxylic acids is 4. The molecule has 17 heteroatoms. The number of halogens is 2. The maximum absolute atomic E-state index is 14.1. The lowest BCUT2D eigenvalue weighted by Gasteiger charge is -2.34. The van der Waals surface area contributed by atoms with Crippen molar-refractivity contribution in [3.8, 4) is 5.75 Å². The molecule has 2 N–H and O–H groups in total. The van der Waals surface area contributed by atoms with E-state index in [0.717, 1.165) is 31.4 Å². The largest absolute Gasteiger partial charge is 0.511 e. The Morgan fingerprint density at radius 2 is 1.87 bits per heavy atom. The van der Waals surface area contributed by atoms with Gasteiger partial charge in [0.1, 0.15) is 17.2 Å². The van der Waals surface area contributed by atoms with Crippen LogP contribution in [0.2, 0.25) is 0 Å². The zero-order valence-electron chi connectivity index (χ0n) is 24.9. The van der Waals surface area contributed by atoms with Gasteiger partial charge in [0.05, 0.1) is 32.4 Å². The summed E-state index contributed by atoms with van der Waals surface area (Å²) < 4.78 is 54.7. The van der Waals surface area contributed by atoms with Crippen molar-refractivity contribution in [1.29, 1.82) is 0 Å². The third-order valence-electron chi connectivity index (χ3n) is 7.60. The summed E-state index contributed by atoms with van der Waals surface area (Å²) >= 11 is 0. The highest BCUT2D eigenvalue weighted by atomic mass is 19.1. The molecule has 2 aromatic rings. The predicted molar refractivity (Wildman–Crippen MR) is 152 cm³/mol. The number of hydrogen-bond acceptors (Lipinski definition) is 11. The molecule has 3 aliphatic heterocycles. The molecular weight excluding hydrogens is 616 g/mol. The van der Waals surface area contributed by atoms with Crippen LogP contribution in [0, 0.1) is 11.6 Å². The Kier molecular flexibility index (Phi) is 10.4. The topological polar surface area (TPSA) is 167 Å². The number of fused-ring (bicyclic) bond motifs is 2. The van der Waals surface area contributed by atoms with Gasteiger partial charge in [0.25, 0.3) is 17.7 Å². The molecule has 46 heavy (non-hydrogen) atoms. The molecule has 4 heterocycles. The Balaban J connectivity index is 1.23.